The topological polar surface area (TPSA) is 66.9 Å². The fourth-order valence-corrected chi connectivity index (χ4v) is 4.88. The Morgan fingerprint density at radius 3 is 2.80 bits per heavy atom. The third-order valence-electron chi connectivity index (χ3n) is 4.36. The molecule has 1 saturated heterocycles. The van der Waals surface area contributed by atoms with Gasteiger partial charge < -0.3 is 4.90 Å². The average Bonchev–Trinajstić information content (AvgIpc) is 3.31. The molecule has 1 aromatic heterocycles. The number of hydroxylamine groups is 1. The lowest BCUT2D eigenvalue weighted by Crippen LogP contribution is -2.30. The Labute approximate surface area is 151 Å². The molecule has 0 N–H and O–H groups in total. The summed E-state index contributed by atoms with van der Waals surface area (Å²) in [7, 11) is -1.19. The van der Waals surface area contributed by atoms with E-state index in [1.165, 1.54) is 26.3 Å². The van der Waals surface area contributed by atoms with E-state index in [0.29, 0.717) is 12.1 Å². The van der Waals surface area contributed by atoms with Gasteiger partial charge in [0.1, 0.15) is 0 Å². The molecule has 2 aromatic rings. The Balaban J connectivity index is 1.89. The van der Waals surface area contributed by atoms with Crippen LogP contribution in [-0.4, -0.2) is 44.4 Å². The van der Waals surface area contributed by atoms with Crippen molar-refractivity contribution >= 4 is 27.3 Å². The summed E-state index contributed by atoms with van der Waals surface area (Å²) in [4.78, 5) is 20.8. The molecule has 3 rings (SSSR count). The Morgan fingerprint density at radius 2 is 2.12 bits per heavy atom. The maximum atomic E-state index is 13.0. The Kier molecular flexibility index (Phi) is 5.24. The quantitative estimate of drug-likeness (QED) is 0.748. The second kappa shape index (κ2) is 7.25. The first-order valence-corrected chi connectivity index (χ1v) is 10.2. The second-order valence-electron chi connectivity index (χ2n) is 5.80. The lowest BCUT2D eigenvalue weighted by Gasteiger charge is -2.24. The predicted molar refractivity (Wildman–Crippen MR) is 95.7 cm³/mol. The minimum absolute atomic E-state index is 0.0366. The number of thiophene rings is 1. The van der Waals surface area contributed by atoms with Crippen molar-refractivity contribution in [3.8, 4) is 0 Å². The smallest absolute Gasteiger partial charge is 0.264 e. The molecule has 0 spiro atoms. The largest absolute Gasteiger partial charge is 0.331 e. The van der Waals surface area contributed by atoms with E-state index in [9.17, 15) is 13.2 Å². The van der Waals surface area contributed by atoms with Crippen LogP contribution in [0.15, 0.2) is 46.7 Å². The van der Waals surface area contributed by atoms with Crippen LogP contribution in [0, 0.1) is 0 Å². The van der Waals surface area contributed by atoms with Crippen LogP contribution in [0.3, 0.4) is 0 Å². The Bertz CT molecular complexity index is 849. The number of hydrogen-bond acceptors (Lipinski definition) is 5. The number of nitrogens with zero attached hydrogens (tertiary/aromatic N) is 2. The van der Waals surface area contributed by atoms with Gasteiger partial charge in [0, 0.05) is 24.0 Å². The summed E-state index contributed by atoms with van der Waals surface area (Å²) in [5.74, 6) is -0.145. The van der Waals surface area contributed by atoms with Crippen LogP contribution in [-0.2, 0) is 14.9 Å². The number of benzene rings is 1. The van der Waals surface area contributed by atoms with Gasteiger partial charge in [0.25, 0.3) is 15.9 Å². The minimum Gasteiger partial charge on any atom is -0.331 e. The maximum Gasteiger partial charge on any atom is 0.264 e. The van der Waals surface area contributed by atoms with Crippen LogP contribution in [0.1, 0.15) is 34.1 Å². The summed E-state index contributed by atoms with van der Waals surface area (Å²) in [5, 5.41) is 2.00. The fourth-order valence-electron chi connectivity index (χ4n) is 2.99. The highest BCUT2D eigenvalue weighted by Gasteiger charge is 2.32. The number of hydrogen-bond donors (Lipinski definition) is 0. The number of carbonyl (C=O) groups excluding carboxylic acids is 1. The molecule has 6 nitrogen and oxygen atoms in total. The zero-order valence-corrected chi connectivity index (χ0v) is 15.7. The first-order chi connectivity index (χ1) is 11.9. The molecule has 0 aliphatic carbocycles. The van der Waals surface area contributed by atoms with Gasteiger partial charge in [0.15, 0.2) is 0 Å². The molecule has 0 saturated carbocycles. The molecule has 1 aliphatic heterocycles. The Hall–Kier alpha value is -1.74. The van der Waals surface area contributed by atoms with Gasteiger partial charge in [0.05, 0.1) is 18.0 Å². The molecule has 8 heteroatoms. The van der Waals surface area contributed by atoms with Crippen molar-refractivity contribution in [3.05, 3.63) is 52.2 Å². The highest BCUT2D eigenvalue weighted by molar-refractivity contribution is 7.89. The number of rotatable bonds is 5. The summed E-state index contributed by atoms with van der Waals surface area (Å²) < 4.78 is 25.6. The van der Waals surface area contributed by atoms with Gasteiger partial charge >= 0.3 is 0 Å². The van der Waals surface area contributed by atoms with E-state index in [0.717, 1.165) is 22.2 Å². The van der Waals surface area contributed by atoms with Crippen molar-refractivity contribution in [1.82, 2.24) is 9.37 Å². The molecule has 0 bridgehead atoms. The van der Waals surface area contributed by atoms with E-state index >= 15 is 0 Å². The molecule has 1 fully saturated rings. The lowest BCUT2D eigenvalue weighted by atomic mass is 10.1. The zero-order valence-electron chi connectivity index (χ0n) is 14.1. The lowest BCUT2D eigenvalue weighted by molar-refractivity contribution is -0.0258. The minimum atomic E-state index is -3.78. The van der Waals surface area contributed by atoms with Gasteiger partial charge in [-0.3, -0.25) is 9.63 Å². The van der Waals surface area contributed by atoms with E-state index in [-0.39, 0.29) is 16.8 Å². The second-order valence-corrected chi connectivity index (χ2v) is 8.71. The molecular weight excluding hydrogens is 360 g/mol. The van der Waals surface area contributed by atoms with Gasteiger partial charge in [0.2, 0.25) is 0 Å². The summed E-state index contributed by atoms with van der Waals surface area (Å²) >= 11 is 1.64. The van der Waals surface area contributed by atoms with Crippen molar-refractivity contribution in [2.45, 2.75) is 23.8 Å². The first kappa shape index (κ1) is 18.1. The maximum absolute atomic E-state index is 13.0. The van der Waals surface area contributed by atoms with E-state index in [4.69, 9.17) is 4.84 Å². The van der Waals surface area contributed by atoms with E-state index < -0.39 is 10.0 Å². The van der Waals surface area contributed by atoms with Crippen molar-refractivity contribution < 1.29 is 18.0 Å². The molecule has 1 unspecified atom stereocenters. The number of amides is 1. The molecule has 134 valence electrons. The van der Waals surface area contributed by atoms with Crippen LogP contribution >= 0.6 is 11.3 Å². The summed E-state index contributed by atoms with van der Waals surface area (Å²) in [6.07, 6.45) is 1.87. The monoisotopic (exact) mass is 380 g/mol. The number of sulfonamides is 1. The highest BCUT2D eigenvalue weighted by atomic mass is 32.2. The third-order valence-corrected chi connectivity index (χ3v) is 7.01. The zero-order chi connectivity index (χ0) is 18.0. The van der Waals surface area contributed by atoms with Gasteiger partial charge in [-0.15, -0.1) is 11.3 Å². The molecule has 1 aromatic carbocycles. The molecular formula is C17H20N2O4S2. The fraction of sp³-hybridized carbons (Fsp3) is 0.353. The van der Waals surface area contributed by atoms with Crippen LogP contribution in [0.2, 0.25) is 0 Å². The molecule has 1 aliphatic rings. The van der Waals surface area contributed by atoms with Crippen LogP contribution in [0.5, 0.6) is 0 Å². The van der Waals surface area contributed by atoms with Crippen molar-refractivity contribution in [3.63, 3.8) is 0 Å². The molecule has 1 amide bonds. The van der Waals surface area contributed by atoms with E-state index in [2.05, 4.69) is 0 Å². The average molecular weight is 380 g/mol. The molecule has 2 heterocycles. The summed E-state index contributed by atoms with van der Waals surface area (Å²) in [6.45, 7) is 0.677. The van der Waals surface area contributed by atoms with Gasteiger partial charge in [-0.2, -0.15) is 0 Å². The van der Waals surface area contributed by atoms with Gasteiger partial charge in [-0.05, 0) is 42.5 Å². The van der Waals surface area contributed by atoms with Gasteiger partial charge in [-0.25, -0.2) is 8.42 Å². The van der Waals surface area contributed by atoms with Crippen LogP contribution < -0.4 is 0 Å². The predicted octanol–water partition coefficient (Wildman–Crippen LogP) is 2.91. The summed E-state index contributed by atoms with van der Waals surface area (Å²) in [5.41, 5.74) is 0.369. The normalized spacial score (nSPS) is 18.0. The van der Waals surface area contributed by atoms with E-state index in [1.807, 2.05) is 22.4 Å². The number of likely N-dealkylation sites (tertiary alicyclic amines) is 1. The molecule has 25 heavy (non-hydrogen) atoms. The number of carbonyl (C=O) groups is 1. The first-order valence-electron chi connectivity index (χ1n) is 7.92. The van der Waals surface area contributed by atoms with Gasteiger partial charge in [-0.1, -0.05) is 16.6 Å². The van der Waals surface area contributed by atoms with Crippen molar-refractivity contribution in [1.29, 1.82) is 0 Å². The van der Waals surface area contributed by atoms with Crippen LogP contribution in [0.25, 0.3) is 0 Å². The van der Waals surface area contributed by atoms with Crippen molar-refractivity contribution in [2.24, 2.45) is 0 Å². The van der Waals surface area contributed by atoms with Crippen LogP contribution in [0.4, 0.5) is 0 Å². The van der Waals surface area contributed by atoms with Crippen molar-refractivity contribution in [2.75, 3.05) is 20.7 Å². The molecule has 0 radical (unpaired) electrons. The summed E-state index contributed by atoms with van der Waals surface area (Å²) in [6, 6.07) is 10.2. The Morgan fingerprint density at radius 1 is 1.32 bits per heavy atom. The highest BCUT2D eigenvalue weighted by Crippen LogP contribution is 2.35. The molecule has 1 atom stereocenters. The standard InChI is InChI=1S/C17H20N2O4S2/c1-18(23-2)25(21,22)14-7-3-6-13(12-14)17(20)19-10-4-8-15(19)16-9-5-11-24-16/h3,5-7,9,11-12,15H,4,8,10H2,1-2H3. The SMILES string of the molecule is CON(C)S(=O)(=O)c1cccc(C(=O)N2CCCC2c2cccs2)c1. The third kappa shape index (κ3) is 3.48. The van der Waals surface area contributed by atoms with E-state index in [1.54, 1.807) is 23.5 Å².